The van der Waals surface area contributed by atoms with Crippen molar-refractivity contribution in [3.8, 4) is 0 Å². The van der Waals surface area contributed by atoms with Gasteiger partial charge in [0, 0.05) is 50.2 Å². The first-order valence-electron chi connectivity index (χ1n) is 12.1. The van der Waals surface area contributed by atoms with Gasteiger partial charge in [-0.3, -0.25) is 19.2 Å². The summed E-state index contributed by atoms with van der Waals surface area (Å²) in [7, 11) is 0. The van der Waals surface area contributed by atoms with Crippen molar-refractivity contribution in [3.05, 3.63) is 22.5 Å². The lowest BCUT2D eigenvalue weighted by Crippen LogP contribution is -2.34. The van der Waals surface area contributed by atoms with Gasteiger partial charge < -0.3 is 16.0 Å². The summed E-state index contributed by atoms with van der Waals surface area (Å²) in [4.78, 5) is 49.3. The summed E-state index contributed by atoms with van der Waals surface area (Å²) in [5.74, 6) is -0.232. The molecule has 0 aromatic carbocycles. The molecule has 0 aromatic heterocycles. The number of ketones is 4. The molecule has 0 aromatic rings. The second-order valence-corrected chi connectivity index (χ2v) is 11.0. The van der Waals surface area contributed by atoms with Gasteiger partial charge in [0.1, 0.15) is 0 Å². The Bertz CT molecular complexity index is 751. The molecule has 2 aliphatic rings. The van der Waals surface area contributed by atoms with Gasteiger partial charge in [-0.1, -0.05) is 27.7 Å². The van der Waals surface area contributed by atoms with Crippen LogP contribution in [0.15, 0.2) is 22.5 Å². The molecule has 0 unspecified atom stereocenters. The fraction of sp³-hybridized carbons (Fsp3) is 0.692. The van der Waals surface area contributed by atoms with Gasteiger partial charge in [-0.15, -0.1) is 0 Å². The van der Waals surface area contributed by atoms with Crippen LogP contribution in [0.4, 0.5) is 0 Å². The normalized spacial score (nSPS) is 20.2. The molecule has 2 rings (SSSR count). The maximum Gasteiger partial charge on any atom is 0.168 e. The number of carbonyl (C=O) groups excluding carboxylic acids is 4. The van der Waals surface area contributed by atoms with E-state index in [9.17, 15) is 19.2 Å². The van der Waals surface area contributed by atoms with Crippen LogP contribution in [0.25, 0.3) is 0 Å². The zero-order chi connectivity index (χ0) is 24.8. The van der Waals surface area contributed by atoms with Crippen LogP contribution in [-0.2, 0) is 19.2 Å². The SMILES string of the molecule is CC(NCCCNCCCNC(C)=C1C(=O)CC(C)(C)CC1=O)=C1C(=O)CC(C)(C)CC1=O. The van der Waals surface area contributed by atoms with Gasteiger partial charge in [0.15, 0.2) is 23.1 Å². The highest BCUT2D eigenvalue weighted by molar-refractivity contribution is 6.23. The molecule has 33 heavy (non-hydrogen) atoms. The van der Waals surface area contributed by atoms with E-state index < -0.39 is 0 Å². The van der Waals surface area contributed by atoms with Crippen LogP contribution in [0.5, 0.6) is 0 Å². The van der Waals surface area contributed by atoms with Gasteiger partial charge in [0.2, 0.25) is 0 Å². The van der Waals surface area contributed by atoms with E-state index >= 15 is 0 Å². The number of allylic oxidation sites excluding steroid dienone is 4. The Kier molecular flexibility index (Phi) is 9.18. The summed E-state index contributed by atoms with van der Waals surface area (Å²) >= 11 is 0. The molecule has 0 amide bonds. The van der Waals surface area contributed by atoms with Crippen LogP contribution in [-0.4, -0.2) is 49.3 Å². The molecule has 7 heteroatoms. The average molecular weight is 460 g/mol. The summed E-state index contributed by atoms with van der Waals surface area (Å²) in [6, 6.07) is 0. The molecular formula is C26H41N3O4. The van der Waals surface area contributed by atoms with Crippen molar-refractivity contribution in [2.45, 2.75) is 80.1 Å². The zero-order valence-corrected chi connectivity index (χ0v) is 21.2. The maximum absolute atomic E-state index is 12.3. The predicted octanol–water partition coefficient (Wildman–Crippen LogP) is 3.00. The summed E-state index contributed by atoms with van der Waals surface area (Å²) in [5.41, 5.74) is 1.56. The highest BCUT2D eigenvalue weighted by Crippen LogP contribution is 2.35. The number of rotatable bonds is 10. The van der Waals surface area contributed by atoms with Crippen LogP contribution in [0.3, 0.4) is 0 Å². The monoisotopic (exact) mass is 459 g/mol. The Morgan fingerprint density at radius 2 is 0.909 bits per heavy atom. The highest BCUT2D eigenvalue weighted by Gasteiger charge is 2.37. The van der Waals surface area contributed by atoms with Crippen LogP contribution in [0.1, 0.15) is 80.1 Å². The number of nitrogens with one attached hydrogen (secondary N) is 3. The van der Waals surface area contributed by atoms with Crippen molar-refractivity contribution in [1.29, 1.82) is 0 Å². The first-order chi connectivity index (χ1) is 15.3. The summed E-state index contributed by atoms with van der Waals surface area (Å²) in [5, 5.41) is 9.82. The molecule has 3 N–H and O–H groups in total. The van der Waals surface area contributed by atoms with Crippen LogP contribution >= 0.6 is 0 Å². The second-order valence-electron chi connectivity index (χ2n) is 11.0. The maximum atomic E-state index is 12.3. The fourth-order valence-corrected chi connectivity index (χ4v) is 4.64. The number of Topliss-reactive ketones (excluding diaryl/α,β-unsaturated/α-hetero) is 4. The largest absolute Gasteiger partial charge is 0.388 e. The summed E-state index contributed by atoms with van der Waals surface area (Å²) in [6.07, 6.45) is 3.40. The molecule has 184 valence electrons. The van der Waals surface area contributed by atoms with Crippen LogP contribution < -0.4 is 16.0 Å². The molecule has 2 saturated carbocycles. The Morgan fingerprint density at radius 1 is 0.606 bits per heavy atom. The third-order valence-corrected chi connectivity index (χ3v) is 6.26. The van der Waals surface area contributed by atoms with Gasteiger partial charge in [-0.2, -0.15) is 0 Å². The van der Waals surface area contributed by atoms with E-state index in [1.54, 1.807) is 0 Å². The second kappa shape index (κ2) is 11.2. The van der Waals surface area contributed by atoms with E-state index in [-0.39, 0.29) is 34.0 Å². The van der Waals surface area contributed by atoms with Gasteiger partial charge >= 0.3 is 0 Å². The molecule has 0 atom stereocenters. The number of hydrogen-bond donors (Lipinski definition) is 3. The minimum atomic E-state index is -0.246. The van der Waals surface area contributed by atoms with Gasteiger partial charge in [-0.25, -0.2) is 0 Å². The zero-order valence-electron chi connectivity index (χ0n) is 21.2. The molecule has 2 aliphatic carbocycles. The molecule has 0 heterocycles. The highest BCUT2D eigenvalue weighted by atomic mass is 16.2. The average Bonchev–Trinajstić information content (AvgIpc) is 2.63. The van der Waals surface area contributed by atoms with Gasteiger partial charge in [0.05, 0.1) is 11.1 Å². The van der Waals surface area contributed by atoms with Crippen LogP contribution in [0.2, 0.25) is 0 Å². The predicted molar refractivity (Wildman–Crippen MR) is 130 cm³/mol. The van der Waals surface area contributed by atoms with E-state index in [0.717, 1.165) is 25.9 Å². The topological polar surface area (TPSA) is 104 Å². The standard InChI is InChI=1S/C26H41N3O4/c1-17(23-19(30)13-25(3,4)14-20(23)31)28-11-7-9-27-10-8-12-29-18(2)24-21(32)15-26(5,6)16-22(24)33/h27-29H,7-16H2,1-6H3. The third-order valence-electron chi connectivity index (χ3n) is 6.26. The molecular weight excluding hydrogens is 418 g/mol. The van der Waals surface area contributed by atoms with Crippen molar-refractivity contribution >= 4 is 23.1 Å². The lowest BCUT2D eigenvalue weighted by Gasteiger charge is -2.29. The van der Waals surface area contributed by atoms with Crippen molar-refractivity contribution in [2.75, 3.05) is 26.2 Å². The molecule has 0 spiro atoms. The smallest absolute Gasteiger partial charge is 0.168 e. The van der Waals surface area contributed by atoms with E-state index in [1.807, 2.05) is 41.5 Å². The van der Waals surface area contributed by atoms with E-state index in [0.29, 0.717) is 61.3 Å². The minimum Gasteiger partial charge on any atom is -0.388 e. The molecule has 0 saturated heterocycles. The number of hydrogen-bond acceptors (Lipinski definition) is 7. The Balaban J connectivity index is 1.63. The van der Waals surface area contributed by atoms with Crippen molar-refractivity contribution in [1.82, 2.24) is 16.0 Å². The quantitative estimate of drug-likeness (QED) is 0.262. The van der Waals surface area contributed by atoms with E-state index in [4.69, 9.17) is 0 Å². The van der Waals surface area contributed by atoms with Crippen molar-refractivity contribution < 1.29 is 19.2 Å². The number of carbonyl (C=O) groups is 4. The Hall–Kier alpha value is -2.28. The van der Waals surface area contributed by atoms with E-state index in [1.165, 1.54) is 0 Å². The fourth-order valence-electron chi connectivity index (χ4n) is 4.64. The summed E-state index contributed by atoms with van der Waals surface area (Å²) in [6.45, 7) is 14.5. The molecule has 0 radical (unpaired) electrons. The minimum absolute atomic E-state index is 0.0579. The van der Waals surface area contributed by atoms with Gasteiger partial charge in [-0.05, 0) is 50.6 Å². The van der Waals surface area contributed by atoms with Crippen LogP contribution in [0, 0.1) is 10.8 Å². The summed E-state index contributed by atoms with van der Waals surface area (Å²) < 4.78 is 0. The third kappa shape index (κ3) is 7.91. The Labute approximate surface area is 198 Å². The Morgan fingerprint density at radius 3 is 1.21 bits per heavy atom. The molecule has 7 nitrogen and oxygen atoms in total. The molecule has 0 aliphatic heterocycles. The molecule has 0 bridgehead atoms. The van der Waals surface area contributed by atoms with Gasteiger partial charge in [0.25, 0.3) is 0 Å². The lowest BCUT2D eigenvalue weighted by molar-refractivity contribution is -0.129. The molecule has 2 fully saturated rings. The van der Waals surface area contributed by atoms with E-state index in [2.05, 4.69) is 16.0 Å². The lowest BCUT2D eigenvalue weighted by atomic mass is 9.73. The first kappa shape index (κ1) is 27.0. The van der Waals surface area contributed by atoms with Crippen molar-refractivity contribution in [3.63, 3.8) is 0 Å². The first-order valence-corrected chi connectivity index (χ1v) is 12.1. The van der Waals surface area contributed by atoms with Crippen molar-refractivity contribution in [2.24, 2.45) is 10.8 Å².